The summed E-state index contributed by atoms with van der Waals surface area (Å²) in [5, 5.41) is 9.56. The number of ether oxygens (including phenoxy) is 1. The van der Waals surface area contributed by atoms with Crippen molar-refractivity contribution >= 4 is 26.8 Å². The van der Waals surface area contributed by atoms with Gasteiger partial charge in [-0.15, -0.1) is 5.92 Å². The maximum absolute atomic E-state index is 13.0. The minimum atomic E-state index is -4.06. The molecule has 1 aromatic rings. The summed E-state index contributed by atoms with van der Waals surface area (Å²) in [5.41, 5.74) is 0. The van der Waals surface area contributed by atoms with Crippen LogP contribution in [-0.2, 0) is 25.6 Å². The van der Waals surface area contributed by atoms with Crippen LogP contribution in [0, 0.1) is 11.8 Å². The third-order valence-electron chi connectivity index (χ3n) is 4.18. The summed E-state index contributed by atoms with van der Waals surface area (Å²) in [5.74, 6) is 4.65. The molecule has 0 aliphatic carbocycles. The van der Waals surface area contributed by atoms with Gasteiger partial charge in [0.25, 0.3) is 0 Å². The molecule has 1 saturated heterocycles. The Morgan fingerprint density at radius 2 is 2.00 bits per heavy atom. The fourth-order valence-electron chi connectivity index (χ4n) is 2.75. The van der Waals surface area contributed by atoms with Gasteiger partial charge in [-0.25, -0.2) is 8.42 Å². The Kier molecular flexibility index (Phi) is 6.11. The Morgan fingerprint density at radius 3 is 2.54 bits per heavy atom. The predicted molar refractivity (Wildman–Crippen MR) is 97.8 cm³/mol. The smallest absolute Gasteiger partial charge is 0.323 e. The molecule has 0 bridgehead atoms. The van der Waals surface area contributed by atoms with E-state index in [-0.39, 0.29) is 23.8 Å². The normalized spacial score (nSPS) is 22.9. The summed E-state index contributed by atoms with van der Waals surface area (Å²) in [4.78, 5) is 11.7. The third-order valence-corrected chi connectivity index (χ3v) is 8.01. The molecule has 2 unspecified atom stereocenters. The van der Waals surface area contributed by atoms with Crippen molar-refractivity contribution in [3.63, 3.8) is 0 Å². The van der Waals surface area contributed by atoms with Crippen molar-refractivity contribution in [2.24, 2.45) is 0 Å². The molecule has 1 aliphatic rings. The fourth-order valence-corrected chi connectivity index (χ4v) is 6.01. The minimum absolute atomic E-state index is 0.0406. The van der Waals surface area contributed by atoms with Gasteiger partial charge in [0.1, 0.15) is 18.4 Å². The average Bonchev–Trinajstić information content (AvgIpc) is 2.57. The van der Waals surface area contributed by atoms with E-state index in [1.807, 2.05) is 0 Å². The number of carboxylic acids is 1. The third kappa shape index (κ3) is 3.92. The van der Waals surface area contributed by atoms with Crippen LogP contribution in [0.15, 0.2) is 29.2 Å². The highest BCUT2D eigenvalue weighted by atomic mass is 32.2. The van der Waals surface area contributed by atoms with Crippen LogP contribution in [0.3, 0.4) is 0 Å². The van der Waals surface area contributed by atoms with Crippen molar-refractivity contribution in [2.45, 2.75) is 36.5 Å². The van der Waals surface area contributed by atoms with Crippen molar-refractivity contribution in [3.05, 3.63) is 24.3 Å². The number of benzene rings is 1. The van der Waals surface area contributed by atoms with Crippen LogP contribution in [0.4, 0.5) is 0 Å². The average molecular weight is 399 g/mol. The molecule has 1 heterocycles. The largest absolute Gasteiger partial charge is 0.481 e. The lowest BCUT2D eigenvalue weighted by Crippen LogP contribution is -2.62. The molecule has 1 N–H and O–H groups in total. The quantitative estimate of drug-likeness (QED) is 0.744. The highest BCUT2D eigenvalue weighted by Crippen LogP contribution is 2.32. The lowest BCUT2D eigenvalue weighted by atomic mass is 10.0. The Morgan fingerprint density at radius 1 is 1.38 bits per heavy atom. The zero-order chi connectivity index (χ0) is 19.5. The van der Waals surface area contributed by atoms with E-state index in [0.29, 0.717) is 5.75 Å². The molecule has 1 fully saturated rings. The van der Waals surface area contributed by atoms with E-state index in [0.717, 1.165) is 4.31 Å². The predicted octanol–water partition coefficient (Wildman–Crippen LogP) is 1.07. The molecule has 0 saturated carbocycles. The molecule has 7 nitrogen and oxygen atoms in total. The van der Waals surface area contributed by atoms with E-state index >= 15 is 0 Å². The first kappa shape index (κ1) is 20.4. The Balaban J connectivity index is 2.34. The molecule has 0 spiro atoms. The number of carbonyl (C=O) groups is 1. The lowest BCUT2D eigenvalue weighted by Gasteiger charge is -2.42. The van der Waals surface area contributed by atoms with Crippen molar-refractivity contribution in [2.75, 3.05) is 18.9 Å². The van der Waals surface area contributed by atoms with Crippen LogP contribution in [0.2, 0.25) is 0 Å². The van der Waals surface area contributed by atoms with Crippen molar-refractivity contribution < 1.29 is 27.3 Å². The van der Waals surface area contributed by atoms with Crippen LogP contribution in [0.25, 0.3) is 0 Å². The van der Waals surface area contributed by atoms with E-state index in [1.165, 1.54) is 38.1 Å². The molecular formula is C17H21NO6S2. The molecule has 0 aromatic heterocycles. The molecular weight excluding hydrogens is 378 g/mol. The highest BCUT2D eigenvalue weighted by Gasteiger charge is 2.51. The maximum Gasteiger partial charge on any atom is 0.323 e. The molecule has 0 radical (unpaired) electrons. The van der Waals surface area contributed by atoms with E-state index in [4.69, 9.17) is 4.74 Å². The van der Waals surface area contributed by atoms with Gasteiger partial charge >= 0.3 is 5.97 Å². The molecule has 142 valence electrons. The molecule has 0 amide bonds. The summed E-state index contributed by atoms with van der Waals surface area (Å²) >= 11 is 0. The summed E-state index contributed by atoms with van der Waals surface area (Å²) in [6.45, 7) is 4.78. The van der Waals surface area contributed by atoms with Gasteiger partial charge < -0.3 is 9.84 Å². The topological polar surface area (TPSA) is 101 Å². The molecule has 2 atom stereocenters. The van der Waals surface area contributed by atoms with Crippen molar-refractivity contribution in [1.82, 2.24) is 4.31 Å². The van der Waals surface area contributed by atoms with Crippen LogP contribution >= 0.6 is 0 Å². The SMILES string of the molecule is CC#CCOc1ccc(S(=O)(=O)N2CCS(=O)C(C)(C)C2C(=O)O)cc1. The number of hydrogen-bond donors (Lipinski definition) is 1. The van der Waals surface area contributed by atoms with Gasteiger partial charge in [-0.05, 0) is 45.0 Å². The Hall–Kier alpha value is -1.89. The number of rotatable bonds is 5. The van der Waals surface area contributed by atoms with Crippen molar-refractivity contribution in [1.29, 1.82) is 0 Å². The minimum Gasteiger partial charge on any atom is -0.481 e. The van der Waals surface area contributed by atoms with Gasteiger partial charge in [0.05, 0.1) is 9.64 Å². The second-order valence-corrected chi connectivity index (χ2v) is 10.2. The number of carboxylic acid groups (broad SMARTS) is 1. The molecule has 1 aromatic carbocycles. The van der Waals surface area contributed by atoms with Crippen LogP contribution in [-0.4, -0.2) is 57.7 Å². The Bertz CT molecular complexity index is 865. The first-order valence-corrected chi connectivity index (χ1v) is 10.6. The maximum atomic E-state index is 13.0. The number of hydrogen-bond acceptors (Lipinski definition) is 5. The summed E-state index contributed by atoms with van der Waals surface area (Å²) in [6.07, 6.45) is 0. The first-order chi connectivity index (χ1) is 12.1. The molecule has 9 heteroatoms. The highest BCUT2D eigenvalue weighted by molar-refractivity contribution is 7.90. The summed E-state index contributed by atoms with van der Waals surface area (Å²) < 4.78 is 43.2. The second-order valence-electron chi connectivity index (χ2n) is 6.20. The van der Waals surface area contributed by atoms with Gasteiger partial charge in [-0.1, -0.05) is 5.92 Å². The zero-order valence-corrected chi connectivity index (χ0v) is 16.4. The summed E-state index contributed by atoms with van der Waals surface area (Å²) in [6, 6.07) is 4.31. The van der Waals surface area contributed by atoms with Crippen molar-refractivity contribution in [3.8, 4) is 17.6 Å². The zero-order valence-electron chi connectivity index (χ0n) is 14.8. The van der Waals surface area contributed by atoms with Gasteiger partial charge in [-0.3, -0.25) is 9.00 Å². The molecule has 2 rings (SSSR count). The first-order valence-electron chi connectivity index (χ1n) is 7.88. The van der Waals surface area contributed by atoms with E-state index in [2.05, 4.69) is 11.8 Å². The number of nitrogens with zero attached hydrogens (tertiary/aromatic N) is 1. The van der Waals surface area contributed by atoms with E-state index in [9.17, 15) is 22.5 Å². The second kappa shape index (κ2) is 7.78. The number of sulfonamides is 1. The lowest BCUT2D eigenvalue weighted by molar-refractivity contribution is -0.142. The van der Waals surface area contributed by atoms with Crippen LogP contribution < -0.4 is 4.74 Å². The fraction of sp³-hybridized carbons (Fsp3) is 0.471. The van der Waals surface area contributed by atoms with E-state index < -0.39 is 37.6 Å². The monoisotopic (exact) mass is 399 g/mol. The Labute approximate surface area is 155 Å². The van der Waals surface area contributed by atoms with Crippen LogP contribution in [0.1, 0.15) is 20.8 Å². The van der Waals surface area contributed by atoms with Gasteiger partial charge in [0, 0.05) is 23.1 Å². The summed E-state index contributed by atoms with van der Waals surface area (Å²) in [7, 11) is -5.50. The van der Waals surface area contributed by atoms with E-state index in [1.54, 1.807) is 6.92 Å². The standard InChI is InChI=1S/C17H21NO6S2/c1-4-5-11-24-13-6-8-14(9-7-13)26(22,23)18-10-12-25(21)17(2,3)15(18)16(19)20/h6-9,15H,10-12H2,1-3H3,(H,19,20). The molecule has 1 aliphatic heterocycles. The van der Waals surface area contributed by atoms with Crippen LogP contribution in [0.5, 0.6) is 5.75 Å². The molecule has 26 heavy (non-hydrogen) atoms. The van der Waals surface area contributed by atoms with Gasteiger partial charge in [-0.2, -0.15) is 4.31 Å². The van der Waals surface area contributed by atoms with Gasteiger partial charge in [0.15, 0.2) is 0 Å². The van der Waals surface area contributed by atoms with Gasteiger partial charge in [0.2, 0.25) is 10.0 Å². The number of aliphatic carboxylic acids is 1.